The first kappa shape index (κ1) is 14.1. The topological polar surface area (TPSA) is 105 Å². The molecule has 9 heteroatoms. The lowest BCUT2D eigenvalue weighted by Crippen LogP contribution is -2.12. The van der Waals surface area contributed by atoms with E-state index >= 15 is 0 Å². The van der Waals surface area contributed by atoms with E-state index in [1.54, 1.807) is 13.8 Å². The highest BCUT2D eigenvalue weighted by Crippen LogP contribution is 2.08. The Bertz CT molecular complexity index is 591. The Hall–Kier alpha value is -2.29. The molecule has 0 aliphatic heterocycles. The minimum atomic E-state index is -0.535. The van der Waals surface area contributed by atoms with Crippen LogP contribution in [0.4, 0.5) is 0 Å². The average Bonchev–Trinajstić information content (AvgIpc) is 2.98. The smallest absolute Gasteiger partial charge is 0.360 e. The SMILES string of the molecule is COCCOC(=O)c1nnn(Cc2nc(C)no2)c1C. The summed E-state index contributed by atoms with van der Waals surface area (Å²) >= 11 is 0. The monoisotopic (exact) mass is 281 g/mol. The Labute approximate surface area is 114 Å². The van der Waals surface area contributed by atoms with Gasteiger partial charge in [-0.1, -0.05) is 10.4 Å². The van der Waals surface area contributed by atoms with E-state index in [-0.39, 0.29) is 18.8 Å². The molecule has 0 unspecified atom stereocenters. The molecule has 0 saturated carbocycles. The molecule has 0 radical (unpaired) electrons. The van der Waals surface area contributed by atoms with Gasteiger partial charge in [-0.3, -0.25) is 0 Å². The highest BCUT2D eigenvalue weighted by Gasteiger charge is 2.19. The first-order chi connectivity index (χ1) is 9.61. The summed E-state index contributed by atoms with van der Waals surface area (Å²) in [7, 11) is 1.53. The lowest BCUT2D eigenvalue weighted by molar-refractivity contribution is 0.0380. The van der Waals surface area contributed by atoms with E-state index in [1.807, 2.05) is 0 Å². The van der Waals surface area contributed by atoms with Crippen molar-refractivity contribution in [3.8, 4) is 0 Å². The Kier molecular flexibility index (Phi) is 4.41. The van der Waals surface area contributed by atoms with Gasteiger partial charge < -0.3 is 14.0 Å². The van der Waals surface area contributed by atoms with E-state index in [0.29, 0.717) is 24.0 Å². The van der Waals surface area contributed by atoms with Gasteiger partial charge in [-0.15, -0.1) is 5.10 Å². The van der Waals surface area contributed by atoms with E-state index in [1.165, 1.54) is 11.8 Å². The standard InChI is InChI=1S/C11H15N5O4/c1-7-10(11(17)19-5-4-18-3)13-15-16(7)6-9-12-8(2)14-20-9/h4-6H2,1-3H3. The van der Waals surface area contributed by atoms with E-state index in [2.05, 4.69) is 20.5 Å². The van der Waals surface area contributed by atoms with Crippen LogP contribution >= 0.6 is 0 Å². The van der Waals surface area contributed by atoms with E-state index in [9.17, 15) is 4.79 Å². The maximum Gasteiger partial charge on any atom is 0.360 e. The minimum Gasteiger partial charge on any atom is -0.458 e. The van der Waals surface area contributed by atoms with Crippen LogP contribution < -0.4 is 0 Å². The number of carbonyl (C=O) groups excluding carboxylic acids is 1. The molecule has 2 rings (SSSR count). The molecule has 2 heterocycles. The molecule has 2 aromatic rings. The number of methoxy groups -OCH3 is 1. The van der Waals surface area contributed by atoms with E-state index in [4.69, 9.17) is 14.0 Å². The Morgan fingerprint density at radius 3 is 2.80 bits per heavy atom. The molecule has 0 spiro atoms. The molecule has 0 fully saturated rings. The maximum atomic E-state index is 11.8. The van der Waals surface area contributed by atoms with Crippen molar-refractivity contribution in [2.24, 2.45) is 0 Å². The molecule has 0 aliphatic carbocycles. The van der Waals surface area contributed by atoms with Crippen molar-refractivity contribution in [3.05, 3.63) is 23.1 Å². The molecule has 108 valence electrons. The van der Waals surface area contributed by atoms with Crippen LogP contribution in [-0.2, 0) is 16.0 Å². The Balaban J connectivity index is 2.04. The van der Waals surface area contributed by atoms with Crippen molar-refractivity contribution in [2.75, 3.05) is 20.3 Å². The predicted octanol–water partition coefficient (Wildman–Crippen LogP) is 0.129. The van der Waals surface area contributed by atoms with Gasteiger partial charge in [0.15, 0.2) is 11.5 Å². The number of aryl methyl sites for hydroxylation is 1. The van der Waals surface area contributed by atoms with Gasteiger partial charge in [-0.05, 0) is 13.8 Å². The Morgan fingerprint density at radius 1 is 1.35 bits per heavy atom. The van der Waals surface area contributed by atoms with Crippen molar-refractivity contribution in [2.45, 2.75) is 20.4 Å². The van der Waals surface area contributed by atoms with E-state index < -0.39 is 5.97 Å². The summed E-state index contributed by atoms with van der Waals surface area (Å²) in [6.45, 7) is 4.20. The number of hydrogen-bond donors (Lipinski definition) is 0. The molecule has 0 aliphatic rings. The van der Waals surface area contributed by atoms with Gasteiger partial charge in [0.1, 0.15) is 13.2 Å². The zero-order chi connectivity index (χ0) is 14.5. The molecule has 0 amide bonds. The van der Waals surface area contributed by atoms with Crippen LogP contribution in [0.5, 0.6) is 0 Å². The molecule has 0 N–H and O–H groups in total. The van der Waals surface area contributed by atoms with Crippen molar-refractivity contribution in [3.63, 3.8) is 0 Å². The highest BCUT2D eigenvalue weighted by atomic mass is 16.6. The fourth-order valence-electron chi connectivity index (χ4n) is 1.52. The highest BCUT2D eigenvalue weighted by molar-refractivity contribution is 5.88. The van der Waals surface area contributed by atoms with Gasteiger partial charge in [0.2, 0.25) is 5.89 Å². The summed E-state index contributed by atoms with van der Waals surface area (Å²) in [5, 5.41) is 11.4. The quantitative estimate of drug-likeness (QED) is 0.543. The second-order valence-electron chi connectivity index (χ2n) is 4.05. The first-order valence-electron chi connectivity index (χ1n) is 5.97. The third-order valence-electron chi connectivity index (χ3n) is 2.55. The maximum absolute atomic E-state index is 11.8. The van der Waals surface area contributed by atoms with Crippen LogP contribution in [-0.4, -0.2) is 51.4 Å². The summed E-state index contributed by atoms with van der Waals surface area (Å²) in [4.78, 5) is 15.8. The van der Waals surface area contributed by atoms with Crippen molar-refractivity contribution in [1.29, 1.82) is 0 Å². The summed E-state index contributed by atoms with van der Waals surface area (Å²) in [6.07, 6.45) is 0. The number of hydrogen-bond acceptors (Lipinski definition) is 8. The van der Waals surface area contributed by atoms with Gasteiger partial charge in [0.05, 0.1) is 12.3 Å². The van der Waals surface area contributed by atoms with Crippen LogP contribution in [0.2, 0.25) is 0 Å². The second-order valence-corrected chi connectivity index (χ2v) is 4.05. The fraction of sp³-hybridized carbons (Fsp3) is 0.545. The van der Waals surface area contributed by atoms with Crippen molar-refractivity contribution >= 4 is 5.97 Å². The molecule has 0 aromatic carbocycles. The van der Waals surface area contributed by atoms with Crippen LogP contribution in [0.1, 0.15) is 27.9 Å². The van der Waals surface area contributed by atoms with Crippen molar-refractivity contribution < 1.29 is 18.8 Å². The first-order valence-corrected chi connectivity index (χ1v) is 5.97. The van der Waals surface area contributed by atoms with Gasteiger partial charge >= 0.3 is 5.97 Å². The largest absolute Gasteiger partial charge is 0.458 e. The van der Waals surface area contributed by atoms with Gasteiger partial charge in [-0.25, -0.2) is 9.48 Å². The van der Waals surface area contributed by atoms with Gasteiger partial charge in [0, 0.05) is 7.11 Å². The number of aromatic nitrogens is 5. The third-order valence-corrected chi connectivity index (χ3v) is 2.55. The number of ether oxygens (including phenoxy) is 2. The van der Waals surface area contributed by atoms with Crippen LogP contribution in [0.25, 0.3) is 0 Å². The zero-order valence-corrected chi connectivity index (χ0v) is 11.5. The average molecular weight is 281 g/mol. The van der Waals surface area contributed by atoms with Gasteiger partial charge in [0.25, 0.3) is 0 Å². The number of rotatable bonds is 6. The molecule has 20 heavy (non-hydrogen) atoms. The summed E-state index contributed by atoms with van der Waals surface area (Å²) < 4.78 is 16.3. The molecule has 2 aromatic heterocycles. The molecular weight excluding hydrogens is 266 g/mol. The third kappa shape index (κ3) is 3.18. The number of esters is 1. The molecular formula is C11H15N5O4. The van der Waals surface area contributed by atoms with Crippen molar-refractivity contribution in [1.82, 2.24) is 25.1 Å². The Morgan fingerprint density at radius 2 is 2.15 bits per heavy atom. The van der Waals surface area contributed by atoms with Gasteiger partial charge in [-0.2, -0.15) is 4.98 Å². The van der Waals surface area contributed by atoms with Crippen LogP contribution in [0.3, 0.4) is 0 Å². The molecule has 9 nitrogen and oxygen atoms in total. The fourth-order valence-corrected chi connectivity index (χ4v) is 1.52. The molecule has 0 atom stereocenters. The second kappa shape index (κ2) is 6.24. The summed E-state index contributed by atoms with van der Waals surface area (Å²) in [5.41, 5.74) is 0.737. The van der Waals surface area contributed by atoms with E-state index in [0.717, 1.165) is 0 Å². The summed E-state index contributed by atoms with van der Waals surface area (Å²) in [6, 6.07) is 0. The minimum absolute atomic E-state index is 0.164. The lowest BCUT2D eigenvalue weighted by Gasteiger charge is -2.02. The predicted molar refractivity (Wildman–Crippen MR) is 65.1 cm³/mol. The summed E-state index contributed by atoms with van der Waals surface area (Å²) in [5.74, 6) is 0.402. The number of nitrogens with zero attached hydrogens (tertiary/aromatic N) is 5. The normalized spacial score (nSPS) is 10.8. The van der Waals surface area contributed by atoms with Crippen LogP contribution in [0.15, 0.2) is 4.52 Å². The number of carbonyl (C=O) groups is 1. The molecule has 0 saturated heterocycles. The zero-order valence-electron chi connectivity index (χ0n) is 11.5. The lowest BCUT2D eigenvalue weighted by atomic mass is 10.3. The molecule has 0 bridgehead atoms. The van der Waals surface area contributed by atoms with Crippen LogP contribution in [0, 0.1) is 13.8 Å².